The molecule has 1 aliphatic rings. The molecule has 28 heavy (non-hydrogen) atoms. The van der Waals surface area contributed by atoms with E-state index in [-0.39, 0.29) is 31.8 Å². The topological polar surface area (TPSA) is 37.4 Å². The Hall–Kier alpha value is -1.99. The molecule has 1 fully saturated rings. The molecule has 1 heterocycles. The number of benzene rings is 2. The first-order valence-electron chi connectivity index (χ1n) is 8.63. The molecular formula is C20H17ClF3NO2S. The van der Waals surface area contributed by atoms with Crippen molar-refractivity contribution < 1.29 is 22.8 Å². The second-order valence-corrected chi connectivity index (χ2v) is 7.81. The van der Waals surface area contributed by atoms with Gasteiger partial charge in [-0.3, -0.25) is 9.59 Å². The molecule has 0 radical (unpaired) electrons. The molecule has 1 saturated heterocycles. The molecule has 2 aromatic carbocycles. The van der Waals surface area contributed by atoms with Crippen molar-refractivity contribution in [3.05, 3.63) is 63.9 Å². The molecule has 0 spiro atoms. The molecule has 0 saturated carbocycles. The summed E-state index contributed by atoms with van der Waals surface area (Å²) in [6.07, 6.45) is 2.42. The van der Waals surface area contributed by atoms with Crippen LogP contribution >= 0.6 is 23.4 Å². The van der Waals surface area contributed by atoms with Gasteiger partial charge in [-0.25, -0.2) is 13.2 Å². The lowest BCUT2D eigenvalue weighted by Crippen LogP contribution is -2.40. The van der Waals surface area contributed by atoms with Gasteiger partial charge in [-0.2, -0.15) is 0 Å². The molecule has 1 amide bonds. The maximum Gasteiger partial charge on any atom is 0.255 e. The number of hydrogen-bond acceptors (Lipinski definition) is 3. The molecule has 3 rings (SSSR count). The lowest BCUT2D eigenvalue weighted by molar-refractivity contribution is 0.0647. The van der Waals surface area contributed by atoms with E-state index in [0.29, 0.717) is 22.7 Å². The maximum atomic E-state index is 13.9. The molecule has 3 nitrogen and oxygen atoms in total. The molecular weight excluding hydrogens is 411 g/mol. The molecule has 148 valence electrons. The Labute approximate surface area is 169 Å². The van der Waals surface area contributed by atoms with E-state index in [0.717, 1.165) is 4.90 Å². The second-order valence-electron chi connectivity index (χ2n) is 6.52. The van der Waals surface area contributed by atoms with Gasteiger partial charge in [0.2, 0.25) is 0 Å². The summed E-state index contributed by atoms with van der Waals surface area (Å²) in [5, 5.41) is 0.344. The highest BCUT2D eigenvalue weighted by Gasteiger charge is 2.32. The number of amides is 1. The van der Waals surface area contributed by atoms with E-state index in [2.05, 4.69) is 0 Å². The van der Waals surface area contributed by atoms with Crippen LogP contribution in [0.3, 0.4) is 0 Å². The summed E-state index contributed by atoms with van der Waals surface area (Å²) in [6.45, 7) is 0.527. The standard InChI is InChI=1S/C20H17ClF3NO2S/c1-28-13-2-3-15(21)14(10-13)20(27)25-6-4-11(5-7-25)19(26)18-16(23)8-12(22)9-17(18)24/h2-3,8-11H,4-7H2,1H3. The van der Waals surface area contributed by atoms with Gasteiger partial charge in [0.15, 0.2) is 5.78 Å². The Kier molecular flexibility index (Phi) is 6.35. The number of hydrogen-bond donors (Lipinski definition) is 0. The van der Waals surface area contributed by atoms with Gasteiger partial charge in [-0.15, -0.1) is 11.8 Å². The average Bonchev–Trinajstić information content (AvgIpc) is 2.67. The Morgan fingerprint density at radius 1 is 1.07 bits per heavy atom. The molecule has 1 aliphatic heterocycles. The Morgan fingerprint density at radius 2 is 1.68 bits per heavy atom. The summed E-state index contributed by atoms with van der Waals surface area (Å²) in [4.78, 5) is 27.8. The number of halogens is 4. The molecule has 0 N–H and O–H groups in total. The van der Waals surface area contributed by atoms with E-state index in [9.17, 15) is 22.8 Å². The molecule has 0 bridgehead atoms. The highest BCUT2D eigenvalue weighted by atomic mass is 35.5. The number of likely N-dealkylation sites (tertiary alicyclic amines) is 1. The minimum Gasteiger partial charge on any atom is -0.339 e. The van der Waals surface area contributed by atoms with Crippen LogP contribution < -0.4 is 0 Å². The van der Waals surface area contributed by atoms with Gasteiger partial charge in [-0.05, 0) is 37.3 Å². The lowest BCUT2D eigenvalue weighted by atomic mass is 9.88. The minimum absolute atomic E-state index is 0.244. The fourth-order valence-electron chi connectivity index (χ4n) is 3.29. The number of Topliss-reactive ketones (excluding diaryl/α,β-unsaturated/α-hetero) is 1. The van der Waals surface area contributed by atoms with Crippen molar-refractivity contribution >= 4 is 35.1 Å². The monoisotopic (exact) mass is 427 g/mol. The Morgan fingerprint density at radius 3 is 2.25 bits per heavy atom. The highest BCUT2D eigenvalue weighted by molar-refractivity contribution is 7.98. The first-order chi connectivity index (χ1) is 13.3. The second kappa shape index (κ2) is 8.57. The third-order valence-electron chi connectivity index (χ3n) is 4.81. The van der Waals surface area contributed by atoms with Crippen LogP contribution in [0.15, 0.2) is 35.2 Å². The van der Waals surface area contributed by atoms with Gasteiger partial charge in [0, 0.05) is 36.0 Å². The quantitative estimate of drug-likeness (QED) is 0.496. The van der Waals surface area contributed by atoms with Gasteiger partial charge in [0.25, 0.3) is 5.91 Å². The zero-order chi connectivity index (χ0) is 20.4. The Bertz CT molecular complexity index is 907. The molecule has 0 aromatic heterocycles. The van der Waals surface area contributed by atoms with E-state index >= 15 is 0 Å². The normalized spacial score (nSPS) is 15.0. The predicted octanol–water partition coefficient (Wildman–Crippen LogP) is 5.21. The third-order valence-corrected chi connectivity index (χ3v) is 5.87. The van der Waals surface area contributed by atoms with Crippen molar-refractivity contribution in [1.82, 2.24) is 4.90 Å². The molecule has 0 aliphatic carbocycles. The maximum absolute atomic E-state index is 13.9. The summed E-state index contributed by atoms with van der Waals surface area (Å²) >= 11 is 7.64. The molecule has 8 heteroatoms. The fraction of sp³-hybridized carbons (Fsp3) is 0.300. The van der Waals surface area contributed by atoms with Crippen molar-refractivity contribution in [3.63, 3.8) is 0 Å². The molecule has 2 aromatic rings. The van der Waals surface area contributed by atoms with Crippen molar-refractivity contribution in [2.75, 3.05) is 19.3 Å². The van der Waals surface area contributed by atoms with Gasteiger partial charge in [-0.1, -0.05) is 11.6 Å². The molecule has 0 atom stereocenters. The number of rotatable bonds is 4. The van der Waals surface area contributed by atoms with Crippen molar-refractivity contribution in [1.29, 1.82) is 0 Å². The van der Waals surface area contributed by atoms with E-state index in [1.54, 1.807) is 17.0 Å². The van der Waals surface area contributed by atoms with Crippen molar-refractivity contribution in [3.8, 4) is 0 Å². The predicted molar refractivity (Wildman–Crippen MR) is 103 cm³/mol. The Balaban J connectivity index is 1.71. The SMILES string of the molecule is CSc1ccc(Cl)c(C(=O)N2CCC(C(=O)c3c(F)cc(F)cc3F)CC2)c1. The number of thioether (sulfide) groups is 1. The summed E-state index contributed by atoms with van der Waals surface area (Å²) in [6, 6.07) is 6.19. The van der Waals surface area contributed by atoms with Crippen LogP contribution in [0, 0.1) is 23.4 Å². The minimum atomic E-state index is -1.21. The summed E-state index contributed by atoms with van der Waals surface area (Å²) < 4.78 is 40.8. The largest absolute Gasteiger partial charge is 0.339 e. The van der Waals surface area contributed by atoms with Crippen LogP contribution in [0.25, 0.3) is 0 Å². The van der Waals surface area contributed by atoms with Crippen LogP contribution in [0.1, 0.15) is 33.6 Å². The van der Waals surface area contributed by atoms with Crippen LogP contribution in [-0.2, 0) is 0 Å². The highest BCUT2D eigenvalue weighted by Crippen LogP contribution is 2.28. The molecule has 0 unspecified atom stereocenters. The van der Waals surface area contributed by atoms with Crippen LogP contribution in [0.5, 0.6) is 0 Å². The number of piperidine rings is 1. The number of nitrogens with zero attached hydrogens (tertiary/aromatic N) is 1. The number of carbonyl (C=O) groups is 2. The van der Waals surface area contributed by atoms with Crippen LogP contribution in [-0.4, -0.2) is 35.9 Å². The number of carbonyl (C=O) groups excluding carboxylic acids is 2. The first kappa shape index (κ1) is 20.7. The van der Waals surface area contributed by atoms with E-state index in [1.807, 2.05) is 12.3 Å². The van der Waals surface area contributed by atoms with Gasteiger partial charge in [0.05, 0.1) is 16.1 Å². The third kappa shape index (κ3) is 4.20. The summed E-state index contributed by atoms with van der Waals surface area (Å²) in [5.41, 5.74) is -0.337. The van der Waals surface area contributed by atoms with Gasteiger partial charge >= 0.3 is 0 Å². The van der Waals surface area contributed by atoms with E-state index < -0.39 is 34.7 Å². The fourth-order valence-corrected chi connectivity index (χ4v) is 3.93. The van der Waals surface area contributed by atoms with Crippen molar-refractivity contribution in [2.24, 2.45) is 5.92 Å². The van der Waals surface area contributed by atoms with E-state index in [1.165, 1.54) is 11.8 Å². The van der Waals surface area contributed by atoms with Crippen LogP contribution in [0.4, 0.5) is 13.2 Å². The smallest absolute Gasteiger partial charge is 0.255 e. The van der Waals surface area contributed by atoms with E-state index in [4.69, 9.17) is 11.6 Å². The first-order valence-corrected chi connectivity index (χ1v) is 10.2. The lowest BCUT2D eigenvalue weighted by Gasteiger charge is -2.31. The van der Waals surface area contributed by atoms with Crippen LogP contribution in [0.2, 0.25) is 5.02 Å². The number of ketones is 1. The zero-order valence-electron chi connectivity index (χ0n) is 15.0. The van der Waals surface area contributed by atoms with Gasteiger partial charge in [0.1, 0.15) is 17.5 Å². The zero-order valence-corrected chi connectivity index (χ0v) is 16.5. The van der Waals surface area contributed by atoms with Crippen molar-refractivity contribution in [2.45, 2.75) is 17.7 Å². The summed E-state index contributed by atoms with van der Waals surface area (Å²) in [5.74, 6) is -5.07. The average molecular weight is 428 g/mol. The summed E-state index contributed by atoms with van der Waals surface area (Å²) in [7, 11) is 0. The van der Waals surface area contributed by atoms with Gasteiger partial charge < -0.3 is 4.90 Å².